The molecule has 2 aromatic rings. The van der Waals surface area contributed by atoms with Crippen molar-refractivity contribution in [1.29, 1.82) is 0 Å². The van der Waals surface area contributed by atoms with Crippen molar-refractivity contribution < 1.29 is 9.90 Å². The monoisotopic (exact) mass is 490 g/mol. The fourth-order valence-corrected chi connectivity index (χ4v) is 5.03. The summed E-state index contributed by atoms with van der Waals surface area (Å²) in [7, 11) is 0. The number of nitrogens with zero attached hydrogens (tertiary/aromatic N) is 3. The van der Waals surface area contributed by atoms with Crippen LogP contribution in [0.1, 0.15) is 56.8 Å². The van der Waals surface area contributed by atoms with Gasteiger partial charge in [-0.2, -0.15) is 0 Å². The maximum atomic E-state index is 13.0. The summed E-state index contributed by atoms with van der Waals surface area (Å²) in [6, 6.07) is 13.8. The first-order chi connectivity index (χ1) is 17.5. The molecule has 2 fully saturated rings. The van der Waals surface area contributed by atoms with E-state index in [1.807, 2.05) is 85.5 Å². The van der Waals surface area contributed by atoms with Crippen LogP contribution >= 0.6 is 0 Å². The highest BCUT2D eigenvalue weighted by Gasteiger charge is 2.32. The molecule has 1 unspecified atom stereocenters. The van der Waals surface area contributed by atoms with Crippen LogP contribution < -0.4 is 5.73 Å². The molecule has 2 aliphatic heterocycles. The van der Waals surface area contributed by atoms with Gasteiger partial charge in [0.25, 0.3) is 0 Å². The summed E-state index contributed by atoms with van der Waals surface area (Å²) in [6.07, 6.45) is 12.9. The lowest BCUT2D eigenvalue weighted by Gasteiger charge is -2.38. The molecule has 0 saturated carbocycles. The molecule has 0 radical (unpaired) electrons. The molecule has 6 heteroatoms. The van der Waals surface area contributed by atoms with E-state index in [-0.39, 0.29) is 11.8 Å². The van der Waals surface area contributed by atoms with Crippen molar-refractivity contribution in [3.8, 4) is 0 Å². The zero-order chi connectivity index (χ0) is 25.8. The summed E-state index contributed by atoms with van der Waals surface area (Å²) < 4.78 is 0. The topological polar surface area (TPSA) is 82.7 Å². The van der Waals surface area contributed by atoms with E-state index in [1.54, 1.807) is 6.20 Å². The van der Waals surface area contributed by atoms with E-state index in [9.17, 15) is 9.90 Å². The molecule has 3 N–H and O–H groups in total. The third-order valence-electron chi connectivity index (χ3n) is 7.12. The molecule has 4 rings (SSSR count). The fourth-order valence-electron chi connectivity index (χ4n) is 5.03. The number of nitrogens with two attached hydrogens (primary N) is 1. The molecule has 0 bridgehead atoms. The van der Waals surface area contributed by atoms with Crippen molar-refractivity contribution in [3.63, 3.8) is 0 Å². The predicted octanol–water partition coefficient (Wildman–Crippen LogP) is 4.99. The molecular weight excluding hydrogens is 448 g/mol. The Hall–Kier alpha value is -2.96. The standard InChI is InChI=1S/C24H32N4O2.C6H10/c25-22-16-18(6-11-26-22)17-27-12-7-21(8-13-27)24(30)28-14-9-20(10-15-28)23(29)19-4-2-1-3-5-19;1-3-5-6-4-2/h1-6,11,16,20-21,23,29H,7-10,12-15,17H2,(H2,25,26);3-6H,1-2H3/b;5-3-,6-4-. The van der Waals surface area contributed by atoms with Crippen molar-refractivity contribution >= 4 is 11.7 Å². The van der Waals surface area contributed by atoms with E-state index in [4.69, 9.17) is 5.73 Å². The Morgan fingerprint density at radius 1 is 1.03 bits per heavy atom. The fraction of sp³-hybridized carbons (Fsp3) is 0.467. The minimum atomic E-state index is -0.436. The van der Waals surface area contributed by atoms with Crippen molar-refractivity contribution in [3.05, 3.63) is 84.1 Å². The molecular formula is C30H42N4O2. The van der Waals surface area contributed by atoms with Crippen molar-refractivity contribution in [2.24, 2.45) is 11.8 Å². The second-order valence-corrected chi connectivity index (χ2v) is 9.71. The third kappa shape index (κ3) is 8.32. The van der Waals surface area contributed by atoms with Gasteiger partial charge in [0.1, 0.15) is 5.82 Å². The zero-order valence-electron chi connectivity index (χ0n) is 21.8. The normalized spacial score (nSPS) is 18.8. The Balaban J connectivity index is 0.000000538. The van der Waals surface area contributed by atoms with Crippen LogP contribution in [0.25, 0.3) is 0 Å². The van der Waals surface area contributed by atoms with Crippen LogP contribution in [0.4, 0.5) is 5.82 Å². The van der Waals surface area contributed by atoms with Crippen LogP contribution in [0.5, 0.6) is 0 Å². The van der Waals surface area contributed by atoms with Crippen LogP contribution in [-0.4, -0.2) is 52.0 Å². The molecule has 3 heterocycles. The highest BCUT2D eigenvalue weighted by Crippen LogP contribution is 2.32. The van der Waals surface area contributed by atoms with Crippen LogP contribution in [-0.2, 0) is 11.3 Å². The highest BCUT2D eigenvalue weighted by atomic mass is 16.3. The molecule has 6 nitrogen and oxygen atoms in total. The number of likely N-dealkylation sites (tertiary alicyclic amines) is 2. The van der Waals surface area contributed by atoms with E-state index < -0.39 is 6.10 Å². The highest BCUT2D eigenvalue weighted by molar-refractivity contribution is 5.79. The Morgan fingerprint density at radius 3 is 2.25 bits per heavy atom. The van der Waals surface area contributed by atoms with Gasteiger partial charge in [-0.15, -0.1) is 0 Å². The van der Waals surface area contributed by atoms with Gasteiger partial charge in [-0.25, -0.2) is 4.98 Å². The number of benzene rings is 1. The van der Waals surface area contributed by atoms with Gasteiger partial charge in [0.2, 0.25) is 5.91 Å². The summed E-state index contributed by atoms with van der Waals surface area (Å²) in [5.74, 6) is 1.21. The largest absolute Gasteiger partial charge is 0.388 e. The van der Waals surface area contributed by atoms with Gasteiger partial charge in [-0.3, -0.25) is 9.69 Å². The second kappa shape index (κ2) is 14.6. The molecule has 194 valence electrons. The molecule has 1 aromatic heterocycles. The Labute approximate surface area is 216 Å². The number of hydrogen-bond acceptors (Lipinski definition) is 5. The van der Waals surface area contributed by atoms with Crippen molar-refractivity contribution in [1.82, 2.24) is 14.8 Å². The van der Waals surface area contributed by atoms with E-state index in [0.29, 0.717) is 11.7 Å². The van der Waals surface area contributed by atoms with Crippen molar-refractivity contribution in [2.75, 3.05) is 31.9 Å². The Kier molecular flexibility index (Phi) is 11.2. The van der Waals surface area contributed by atoms with Gasteiger partial charge in [-0.1, -0.05) is 54.6 Å². The van der Waals surface area contributed by atoms with Gasteiger partial charge in [0, 0.05) is 31.7 Å². The molecule has 0 spiro atoms. The number of rotatable bonds is 6. The number of nitrogen functional groups attached to an aromatic ring is 1. The second-order valence-electron chi connectivity index (χ2n) is 9.71. The average Bonchev–Trinajstić information content (AvgIpc) is 2.92. The van der Waals surface area contributed by atoms with Crippen LogP contribution in [0.3, 0.4) is 0 Å². The third-order valence-corrected chi connectivity index (χ3v) is 7.12. The van der Waals surface area contributed by atoms with Gasteiger partial charge in [-0.05, 0) is 81.8 Å². The Bertz CT molecular complexity index is 965. The first kappa shape index (κ1) is 27.6. The Morgan fingerprint density at radius 2 is 1.67 bits per heavy atom. The van der Waals surface area contributed by atoms with E-state index in [0.717, 1.165) is 64.0 Å². The minimum absolute atomic E-state index is 0.124. The number of piperidine rings is 2. The molecule has 2 saturated heterocycles. The lowest BCUT2D eigenvalue weighted by atomic mass is 9.86. The van der Waals surface area contributed by atoms with E-state index in [1.165, 1.54) is 5.56 Å². The number of hydrogen-bond donors (Lipinski definition) is 2. The maximum Gasteiger partial charge on any atom is 0.225 e. The number of aliphatic hydroxyl groups is 1. The number of carbonyl (C=O) groups is 1. The van der Waals surface area contributed by atoms with E-state index in [2.05, 4.69) is 9.88 Å². The number of anilines is 1. The average molecular weight is 491 g/mol. The van der Waals surface area contributed by atoms with E-state index >= 15 is 0 Å². The number of carbonyl (C=O) groups excluding carboxylic acids is 1. The van der Waals surface area contributed by atoms with Gasteiger partial charge in [0.05, 0.1) is 6.10 Å². The SMILES string of the molecule is C/C=C\C=C/C.Nc1cc(CN2CCC(C(=O)N3CCC(C(O)c4ccccc4)CC3)CC2)ccn1. The minimum Gasteiger partial charge on any atom is -0.388 e. The number of amides is 1. The number of aliphatic hydroxyl groups excluding tert-OH is 1. The maximum absolute atomic E-state index is 13.0. The molecule has 1 amide bonds. The predicted molar refractivity (Wildman–Crippen MR) is 147 cm³/mol. The molecule has 1 atom stereocenters. The summed E-state index contributed by atoms with van der Waals surface area (Å²) in [4.78, 5) is 21.5. The van der Waals surface area contributed by atoms with Crippen LogP contribution in [0.15, 0.2) is 73.0 Å². The number of allylic oxidation sites excluding steroid dienone is 4. The first-order valence-corrected chi connectivity index (χ1v) is 13.2. The van der Waals surface area contributed by atoms with Gasteiger partial charge in [0.15, 0.2) is 0 Å². The summed E-state index contributed by atoms with van der Waals surface area (Å²) >= 11 is 0. The van der Waals surface area contributed by atoms with Crippen LogP contribution in [0.2, 0.25) is 0 Å². The van der Waals surface area contributed by atoms with Gasteiger partial charge < -0.3 is 15.7 Å². The van der Waals surface area contributed by atoms with Crippen LogP contribution in [0, 0.1) is 11.8 Å². The lowest BCUT2D eigenvalue weighted by molar-refractivity contribution is -0.139. The quantitative estimate of drug-likeness (QED) is 0.558. The molecule has 2 aliphatic rings. The smallest absolute Gasteiger partial charge is 0.225 e. The summed E-state index contributed by atoms with van der Waals surface area (Å²) in [5.41, 5.74) is 7.92. The zero-order valence-corrected chi connectivity index (χ0v) is 21.8. The number of aromatic nitrogens is 1. The lowest BCUT2D eigenvalue weighted by Crippen LogP contribution is -2.45. The molecule has 1 aromatic carbocycles. The van der Waals surface area contributed by atoms with Gasteiger partial charge >= 0.3 is 0 Å². The number of pyridine rings is 1. The summed E-state index contributed by atoms with van der Waals surface area (Å²) in [5, 5.41) is 10.7. The molecule has 36 heavy (non-hydrogen) atoms. The van der Waals surface area contributed by atoms with Crippen molar-refractivity contribution in [2.45, 2.75) is 52.2 Å². The molecule has 0 aliphatic carbocycles. The summed E-state index contributed by atoms with van der Waals surface area (Å²) in [6.45, 7) is 8.23. The first-order valence-electron chi connectivity index (χ1n) is 13.2.